The third-order valence-electron chi connectivity index (χ3n) is 4.98. The number of carbonyl (C=O) groups excluding carboxylic acids is 1. The highest BCUT2D eigenvalue weighted by atomic mass is 16.1. The minimum absolute atomic E-state index is 0.267. The van der Waals surface area contributed by atoms with Crippen molar-refractivity contribution in [1.29, 1.82) is 0 Å². The molecule has 2 fully saturated rings. The van der Waals surface area contributed by atoms with Crippen molar-refractivity contribution in [3.05, 3.63) is 0 Å². The second-order valence-electron chi connectivity index (χ2n) is 7.46. The van der Waals surface area contributed by atoms with Gasteiger partial charge in [-0.3, -0.25) is 4.79 Å². The quantitative estimate of drug-likeness (QED) is 0.821. The highest BCUT2D eigenvalue weighted by molar-refractivity contribution is 5.76. The van der Waals surface area contributed by atoms with Crippen LogP contribution in [0.2, 0.25) is 0 Å². The minimum atomic E-state index is 0.267. The van der Waals surface area contributed by atoms with E-state index in [0.717, 1.165) is 25.9 Å². The van der Waals surface area contributed by atoms with Crippen LogP contribution in [0.15, 0.2) is 0 Å². The third-order valence-corrected chi connectivity index (χ3v) is 4.98. The smallest absolute Gasteiger partial charge is 0.220 e. The average molecular weight is 266 g/mol. The lowest BCUT2D eigenvalue weighted by Crippen LogP contribution is -2.44. The van der Waals surface area contributed by atoms with E-state index < -0.39 is 0 Å². The first-order valence-corrected chi connectivity index (χ1v) is 7.96. The van der Waals surface area contributed by atoms with Crippen molar-refractivity contribution in [3.8, 4) is 0 Å². The van der Waals surface area contributed by atoms with Crippen molar-refractivity contribution >= 4 is 5.91 Å². The molecule has 0 bridgehead atoms. The van der Waals surface area contributed by atoms with Gasteiger partial charge in [-0.15, -0.1) is 0 Å². The maximum Gasteiger partial charge on any atom is 0.220 e. The summed E-state index contributed by atoms with van der Waals surface area (Å²) in [4.78, 5) is 12.0. The van der Waals surface area contributed by atoms with Crippen molar-refractivity contribution in [1.82, 2.24) is 10.6 Å². The summed E-state index contributed by atoms with van der Waals surface area (Å²) in [5.74, 6) is 1.60. The number of carbonyl (C=O) groups is 1. The van der Waals surface area contributed by atoms with Crippen molar-refractivity contribution in [2.45, 2.75) is 65.3 Å². The second kappa shape index (κ2) is 6.25. The molecule has 1 saturated carbocycles. The maximum absolute atomic E-state index is 12.0. The Bertz CT molecular complexity index is 308. The molecule has 3 nitrogen and oxygen atoms in total. The van der Waals surface area contributed by atoms with Gasteiger partial charge in [0.25, 0.3) is 0 Å². The van der Waals surface area contributed by atoms with Crippen LogP contribution in [-0.4, -0.2) is 25.0 Å². The molecule has 0 aromatic carbocycles. The van der Waals surface area contributed by atoms with Crippen LogP contribution in [-0.2, 0) is 4.79 Å². The van der Waals surface area contributed by atoms with Gasteiger partial charge in [0.15, 0.2) is 0 Å². The highest BCUT2D eigenvalue weighted by Gasteiger charge is 2.32. The standard InChI is InChI=1S/C16H30N2O/c1-12-10-16(2,3)8-6-14(12)18-15(19)5-4-13-7-9-17-11-13/h12-14,17H,4-11H2,1-3H3,(H,18,19). The molecule has 2 rings (SSSR count). The van der Waals surface area contributed by atoms with E-state index in [1.165, 1.54) is 19.3 Å². The van der Waals surface area contributed by atoms with E-state index in [1.807, 2.05) is 0 Å². The largest absolute Gasteiger partial charge is 0.353 e. The van der Waals surface area contributed by atoms with Crippen LogP contribution in [0.3, 0.4) is 0 Å². The van der Waals surface area contributed by atoms with E-state index in [4.69, 9.17) is 0 Å². The van der Waals surface area contributed by atoms with Gasteiger partial charge in [0, 0.05) is 12.5 Å². The van der Waals surface area contributed by atoms with Crippen LogP contribution in [0.4, 0.5) is 0 Å². The van der Waals surface area contributed by atoms with Crippen LogP contribution < -0.4 is 10.6 Å². The summed E-state index contributed by atoms with van der Waals surface area (Å²) in [7, 11) is 0. The molecular weight excluding hydrogens is 236 g/mol. The molecule has 0 radical (unpaired) electrons. The summed E-state index contributed by atoms with van der Waals surface area (Å²) >= 11 is 0. The van der Waals surface area contributed by atoms with Crippen molar-refractivity contribution < 1.29 is 4.79 Å². The molecule has 3 heteroatoms. The molecule has 19 heavy (non-hydrogen) atoms. The summed E-state index contributed by atoms with van der Waals surface area (Å²) in [5.41, 5.74) is 0.455. The van der Waals surface area contributed by atoms with Crippen LogP contribution in [0.25, 0.3) is 0 Å². The van der Waals surface area contributed by atoms with Gasteiger partial charge in [-0.05, 0) is 62.4 Å². The van der Waals surface area contributed by atoms with Crippen molar-refractivity contribution in [3.63, 3.8) is 0 Å². The van der Waals surface area contributed by atoms with Gasteiger partial charge in [-0.2, -0.15) is 0 Å². The first-order chi connectivity index (χ1) is 8.96. The molecule has 0 spiro atoms. The van der Waals surface area contributed by atoms with E-state index in [9.17, 15) is 4.79 Å². The van der Waals surface area contributed by atoms with E-state index in [2.05, 4.69) is 31.4 Å². The molecule has 3 unspecified atom stereocenters. The third kappa shape index (κ3) is 4.48. The Labute approximate surface area is 117 Å². The Kier molecular flexibility index (Phi) is 4.88. The summed E-state index contributed by atoms with van der Waals surface area (Å²) in [6.45, 7) is 9.19. The van der Waals surface area contributed by atoms with Gasteiger partial charge in [-0.25, -0.2) is 0 Å². The molecule has 110 valence electrons. The highest BCUT2D eigenvalue weighted by Crippen LogP contribution is 2.38. The first kappa shape index (κ1) is 14.8. The van der Waals surface area contributed by atoms with E-state index in [-0.39, 0.29) is 5.91 Å². The van der Waals surface area contributed by atoms with Gasteiger partial charge < -0.3 is 10.6 Å². The van der Waals surface area contributed by atoms with Crippen molar-refractivity contribution in [2.24, 2.45) is 17.3 Å². The molecule has 1 saturated heterocycles. The zero-order chi connectivity index (χ0) is 13.9. The molecule has 1 aliphatic carbocycles. The monoisotopic (exact) mass is 266 g/mol. The van der Waals surface area contributed by atoms with Crippen LogP contribution in [0.1, 0.15) is 59.3 Å². The Morgan fingerprint density at radius 3 is 2.79 bits per heavy atom. The fourth-order valence-electron chi connectivity index (χ4n) is 3.74. The van der Waals surface area contributed by atoms with Gasteiger partial charge in [-0.1, -0.05) is 20.8 Å². The SMILES string of the molecule is CC1CC(C)(C)CCC1NC(=O)CCC1CCNC1. The summed E-state index contributed by atoms with van der Waals surface area (Å²) in [6, 6.07) is 0.405. The van der Waals surface area contributed by atoms with Crippen molar-refractivity contribution in [2.75, 3.05) is 13.1 Å². The van der Waals surface area contributed by atoms with E-state index >= 15 is 0 Å². The lowest BCUT2D eigenvalue weighted by Gasteiger charge is -2.39. The Hall–Kier alpha value is -0.570. The predicted octanol–water partition coefficient (Wildman–Crippen LogP) is 2.71. The lowest BCUT2D eigenvalue weighted by molar-refractivity contribution is -0.122. The zero-order valence-electron chi connectivity index (χ0n) is 12.8. The van der Waals surface area contributed by atoms with E-state index in [1.54, 1.807) is 0 Å². The molecule has 0 aromatic heterocycles. The summed E-state index contributed by atoms with van der Waals surface area (Å²) in [6.07, 6.45) is 6.59. The van der Waals surface area contributed by atoms with Crippen LogP contribution >= 0.6 is 0 Å². The molecule has 1 aliphatic heterocycles. The summed E-state index contributed by atoms with van der Waals surface area (Å²) < 4.78 is 0. The van der Waals surface area contributed by atoms with Gasteiger partial charge in [0.05, 0.1) is 0 Å². The van der Waals surface area contributed by atoms with Crippen LogP contribution in [0.5, 0.6) is 0 Å². The predicted molar refractivity (Wildman–Crippen MR) is 78.9 cm³/mol. The second-order valence-corrected chi connectivity index (χ2v) is 7.46. The number of amides is 1. The van der Waals surface area contributed by atoms with Gasteiger partial charge in [0.1, 0.15) is 0 Å². The number of hydrogen-bond donors (Lipinski definition) is 2. The summed E-state index contributed by atoms with van der Waals surface area (Å²) in [5, 5.41) is 6.63. The maximum atomic E-state index is 12.0. The topological polar surface area (TPSA) is 41.1 Å². The van der Waals surface area contributed by atoms with Crippen LogP contribution in [0, 0.1) is 17.3 Å². The number of hydrogen-bond acceptors (Lipinski definition) is 2. The fourth-order valence-corrected chi connectivity index (χ4v) is 3.74. The molecule has 3 atom stereocenters. The number of nitrogens with one attached hydrogen (secondary N) is 2. The molecule has 1 amide bonds. The van der Waals surface area contributed by atoms with Gasteiger partial charge >= 0.3 is 0 Å². The molecule has 2 N–H and O–H groups in total. The van der Waals surface area contributed by atoms with E-state index in [0.29, 0.717) is 29.7 Å². The zero-order valence-corrected chi connectivity index (χ0v) is 12.8. The Balaban J connectivity index is 1.70. The Morgan fingerprint density at radius 1 is 1.37 bits per heavy atom. The molecular formula is C16H30N2O. The first-order valence-electron chi connectivity index (χ1n) is 7.96. The average Bonchev–Trinajstić information content (AvgIpc) is 2.83. The Morgan fingerprint density at radius 2 is 2.16 bits per heavy atom. The normalized spacial score (nSPS) is 34.2. The lowest BCUT2D eigenvalue weighted by atomic mass is 9.70. The minimum Gasteiger partial charge on any atom is -0.353 e. The molecule has 2 aliphatic rings. The van der Waals surface area contributed by atoms with Gasteiger partial charge in [0.2, 0.25) is 5.91 Å². The fraction of sp³-hybridized carbons (Fsp3) is 0.938. The number of rotatable bonds is 4. The molecule has 0 aromatic rings. The molecule has 1 heterocycles.